The largest absolute Gasteiger partial charge is 0.371 e. The molecule has 0 atom stereocenters. The van der Waals surface area contributed by atoms with Crippen molar-refractivity contribution in [2.45, 2.75) is 13.8 Å². The molecule has 0 spiro atoms. The van der Waals surface area contributed by atoms with Gasteiger partial charge in [-0.15, -0.1) is 0 Å². The van der Waals surface area contributed by atoms with E-state index in [1.807, 2.05) is 0 Å². The molecule has 0 radical (unpaired) electrons. The fourth-order valence-corrected chi connectivity index (χ4v) is 3.99. The summed E-state index contributed by atoms with van der Waals surface area (Å²) in [7, 11) is 0. The van der Waals surface area contributed by atoms with Gasteiger partial charge in [0.25, 0.3) is 0 Å². The molecule has 29 heavy (non-hydrogen) atoms. The highest BCUT2D eigenvalue weighted by Crippen LogP contribution is 2.43. The molecule has 4 aromatic rings. The van der Waals surface area contributed by atoms with E-state index in [9.17, 15) is 0 Å². The maximum atomic E-state index is 2.47. The molecule has 4 aromatic carbocycles. The molecule has 0 saturated carbocycles. The highest BCUT2D eigenvalue weighted by Gasteiger charge is 2.18. The first kappa shape index (κ1) is 19.0. The molecule has 4 rings (SSSR count). The topological polar surface area (TPSA) is 3.24 Å². The van der Waals surface area contributed by atoms with Crippen LogP contribution in [0.1, 0.15) is 13.8 Å². The smallest absolute Gasteiger partial charge is 0.0525 e. The van der Waals surface area contributed by atoms with E-state index in [1.165, 1.54) is 39.1 Å². The van der Waals surface area contributed by atoms with E-state index in [-0.39, 0.29) is 0 Å². The fourth-order valence-electron chi connectivity index (χ4n) is 3.99. The summed E-state index contributed by atoms with van der Waals surface area (Å²) in [6, 6.07) is 36.9. The zero-order chi connectivity index (χ0) is 20.1. The summed E-state index contributed by atoms with van der Waals surface area (Å²) in [6.45, 7) is 6.41. The number of anilines is 1. The van der Waals surface area contributed by atoms with Crippen LogP contribution >= 0.6 is 0 Å². The maximum absolute atomic E-state index is 2.47. The van der Waals surface area contributed by atoms with Crippen LogP contribution in [0, 0.1) is 0 Å². The number of benzene rings is 4. The lowest BCUT2D eigenvalue weighted by Gasteiger charge is -2.28. The van der Waals surface area contributed by atoms with Crippen molar-refractivity contribution in [3.63, 3.8) is 0 Å². The Kier molecular flexibility index (Phi) is 5.76. The van der Waals surface area contributed by atoms with Gasteiger partial charge >= 0.3 is 0 Å². The second-order valence-corrected chi connectivity index (χ2v) is 7.19. The third kappa shape index (κ3) is 3.95. The molecule has 0 heterocycles. The Hall–Kier alpha value is -3.32. The number of nitrogens with zero attached hydrogens (tertiary/aromatic N) is 1. The van der Waals surface area contributed by atoms with Crippen LogP contribution in [0.2, 0.25) is 0 Å². The number of hydrogen-bond donors (Lipinski definition) is 0. The van der Waals surface area contributed by atoms with Gasteiger partial charge in [-0.25, -0.2) is 0 Å². The SMILES string of the molecule is CCN(CC)c1c(-c2ccccc2)cc(-c2ccccc2)cc1-c1ccccc1. The van der Waals surface area contributed by atoms with E-state index in [0.717, 1.165) is 13.1 Å². The van der Waals surface area contributed by atoms with Gasteiger partial charge in [-0.05, 0) is 48.2 Å². The Morgan fingerprint density at radius 1 is 0.483 bits per heavy atom. The lowest BCUT2D eigenvalue weighted by atomic mass is 9.90. The molecule has 0 bridgehead atoms. The van der Waals surface area contributed by atoms with Crippen LogP contribution in [0.25, 0.3) is 33.4 Å². The Bertz CT molecular complexity index is 989. The van der Waals surface area contributed by atoms with Gasteiger partial charge in [0.15, 0.2) is 0 Å². The molecule has 0 aliphatic rings. The van der Waals surface area contributed by atoms with Crippen molar-refractivity contribution in [1.82, 2.24) is 0 Å². The van der Waals surface area contributed by atoms with Crippen molar-refractivity contribution in [3.8, 4) is 33.4 Å². The maximum Gasteiger partial charge on any atom is 0.0525 e. The van der Waals surface area contributed by atoms with Gasteiger partial charge in [0.2, 0.25) is 0 Å². The lowest BCUT2D eigenvalue weighted by Crippen LogP contribution is -2.23. The van der Waals surface area contributed by atoms with E-state index >= 15 is 0 Å². The first-order valence-corrected chi connectivity index (χ1v) is 10.4. The Labute approximate surface area is 174 Å². The summed E-state index contributed by atoms with van der Waals surface area (Å²) in [5.74, 6) is 0. The van der Waals surface area contributed by atoms with E-state index in [2.05, 4.69) is 122 Å². The minimum atomic E-state index is 0.973. The monoisotopic (exact) mass is 377 g/mol. The third-order valence-corrected chi connectivity index (χ3v) is 5.47. The second-order valence-electron chi connectivity index (χ2n) is 7.19. The molecule has 1 heteroatoms. The zero-order valence-corrected chi connectivity index (χ0v) is 17.2. The molecule has 0 aromatic heterocycles. The van der Waals surface area contributed by atoms with Crippen LogP contribution in [-0.2, 0) is 0 Å². The Morgan fingerprint density at radius 2 is 0.862 bits per heavy atom. The van der Waals surface area contributed by atoms with Crippen molar-refractivity contribution in [1.29, 1.82) is 0 Å². The van der Waals surface area contributed by atoms with Crippen LogP contribution < -0.4 is 4.90 Å². The van der Waals surface area contributed by atoms with Gasteiger partial charge < -0.3 is 4.90 Å². The van der Waals surface area contributed by atoms with Gasteiger partial charge in [-0.1, -0.05) is 91.0 Å². The Morgan fingerprint density at radius 3 is 1.24 bits per heavy atom. The molecule has 0 N–H and O–H groups in total. The van der Waals surface area contributed by atoms with Crippen LogP contribution in [0.15, 0.2) is 103 Å². The molecule has 0 fully saturated rings. The van der Waals surface area contributed by atoms with Crippen LogP contribution in [0.5, 0.6) is 0 Å². The molecule has 0 amide bonds. The summed E-state index contributed by atoms with van der Waals surface area (Å²) in [5.41, 5.74) is 8.89. The van der Waals surface area contributed by atoms with Gasteiger partial charge in [0, 0.05) is 24.2 Å². The first-order valence-electron chi connectivity index (χ1n) is 10.4. The first-order chi connectivity index (χ1) is 14.3. The van der Waals surface area contributed by atoms with E-state index in [4.69, 9.17) is 0 Å². The van der Waals surface area contributed by atoms with E-state index < -0.39 is 0 Å². The number of hydrogen-bond acceptors (Lipinski definition) is 1. The lowest BCUT2D eigenvalue weighted by molar-refractivity contribution is 0.868. The molecular weight excluding hydrogens is 350 g/mol. The predicted molar refractivity (Wildman–Crippen MR) is 126 cm³/mol. The van der Waals surface area contributed by atoms with Crippen molar-refractivity contribution >= 4 is 5.69 Å². The molecular formula is C28H27N. The minimum absolute atomic E-state index is 0.973. The van der Waals surface area contributed by atoms with E-state index in [1.54, 1.807) is 0 Å². The van der Waals surface area contributed by atoms with Crippen LogP contribution in [0.4, 0.5) is 5.69 Å². The normalized spacial score (nSPS) is 10.7. The predicted octanol–water partition coefficient (Wildman–Crippen LogP) is 7.53. The average Bonchev–Trinajstić information content (AvgIpc) is 2.81. The average molecular weight is 378 g/mol. The van der Waals surface area contributed by atoms with Gasteiger partial charge in [-0.3, -0.25) is 0 Å². The van der Waals surface area contributed by atoms with Gasteiger partial charge in [-0.2, -0.15) is 0 Å². The van der Waals surface area contributed by atoms with E-state index in [0.29, 0.717) is 0 Å². The second kappa shape index (κ2) is 8.79. The number of rotatable bonds is 6. The fraction of sp³-hybridized carbons (Fsp3) is 0.143. The van der Waals surface area contributed by atoms with Gasteiger partial charge in [0.05, 0.1) is 5.69 Å². The summed E-state index contributed by atoms with van der Waals surface area (Å²) < 4.78 is 0. The van der Waals surface area contributed by atoms with Crippen molar-refractivity contribution < 1.29 is 0 Å². The van der Waals surface area contributed by atoms with Crippen molar-refractivity contribution in [2.75, 3.05) is 18.0 Å². The summed E-state index contributed by atoms with van der Waals surface area (Å²) in [4.78, 5) is 2.47. The highest BCUT2D eigenvalue weighted by molar-refractivity contribution is 5.95. The molecule has 0 unspecified atom stereocenters. The molecule has 1 nitrogen and oxygen atoms in total. The molecule has 0 saturated heterocycles. The van der Waals surface area contributed by atoms with Crippen LogP contribution in [-0.4, -0.2) is 13.1 Å². The summed E-state index contributed by atoms with van der Waals surface area (Å²) in [5, 5.41) is 0. The minimum Gasteiger partial charge on any atom is -0.371 e. The third-order valence-electron chi connectivity index (χ3n) is 5.47. The highest BCUT2D eigenvalue weighted by atomic mass is 15.1. The van der Waals surface area contributed by atoms with Crippen LogP contribution in [0.3, 0.4) is 0 Å². The molecule has 144 valence electrons. The zero-order valence-electron chi connectivity index (χ0n) is 17.2. The van der Waals surface area contributed by atoms with Crippen molar-refractivity contribution in [3.05, 3.63) is 103 Å². The molecule has 0 aliphatic heterocycles. The molecule has 0 aliphatic carbocycles. The van der Waals surface area contributed by atoms with Gasteiger partial charge in [0.1, 0.15) is 0 Å². The summed E-state index contributed by atoms with van der Waals surface area (Å²) in [6.07, 6.45) is 0. The summed E-state index contributed by atoms with van der Waals surface area (Å²) >= 11 is 0. The van der Waals surface area contributed by atoms with Crippen molar-refractivity contribution in [2.24, 2.45) is 0 Å². The Balaban J connectivity index is 2.06. The standard InChI is InChI=1S/C28H27N/c1-3-29(4-2)28-26(23-16-10-6-11-17-23)20-25(22-14-8-5-9-15-22)21-27(28)24-18-12-7-13-19-24/h5-21H,3-4H2,1-2H3. The quantitative estimate of drug-likeness (QED) is 0.335.